The summed E-state index contributed by atoms with van der Waals surface area (Å²) in [6.07, 6.45) is 1.58. The predicted molar refractivity (Wildman–Crippen MR) is 81.8 cm³/mol. The lowest BCUT2D eigenvalue weighted by Gasteiger charge is -2.21. The minimum absolute atomic E-state index is 0.151. The number of amides is 1. The van der Waals surface area contributed by atoms with Gasteiger partial charge in [-0.1, -0.05) is 23.2 Å². The lowest BCUT2D eigenvalue weighted by Crippen LogP contribution is -2.33. The third-order valence-corrected chi connectivity index (χ3v) is 3.68. The Kier molecular flexibility index (Phi) is 5.67. The average molecular weight is 328 g/mol. The second-order valence-corrected chi connectivity index (χ2v) is 5.24. The topological polar surface area (TPSA) is 42.7 Å². The molecular formula is C15H15Cl2NO3. The molecule has 1 amide bonds. The fourth-order valence-electron chi connectivity index (χ4n) is 1.86. The molecule has 6 heteroatoms. The number of furan rings is 1. The van der Waals surface area contributed by atoms with Crippen LogP contribution >= 0.6 is 23.2 Å². The highest BCUT2D eigenvalue weighted by molar-refractivity contribution is 6.42. The Balaban J connectivity index is 2.18. The fraction of sp³-hybridized carbons (Fsp3) is 0.267. The van der Waals surface area contributed by atoms with Gasteiger partial charge < -0.3 is 14.1 Å². The van der Waals surface area contributed by atoms with Gasteiger partial charge in [0, 0.05) is 19.2 Å². The molecule has 0 aliphatic heterocycles. The minimum atomic E-state index is -0.151. The van der Waals surface area contributed by atoms with Crippen molar-refractivity contribution in [2.75, 3.05) is 20.3 Å². The Labute approximate surface area is 133 Å². The number of hydrogen-bond donors (Lipinski definition) is 0. The smallest absolute Gasteiger partial charge is 0.254 e. The van der Waals surface area contributed by atoms with E-state index in [0.29, 0.717) is 41.1 Å². The minimum Gasteiger partial charge on any atom is -0.467 e. The molecule has 4 nitrogen and oxygen atoms in total. The largest absolute Gasteiger partial charge is 0.467 e. The number of methoxy groups -OCH3 is 1. The zero-order valence-electron chi connectivity index (χ0n) is 11.5. The Morgan fingerprint density at radius 2 is 2.10 bits per heavy atom. The van der Waals surface area contributed by atoms with Crippen LogP contribution in [0.15, 0.2) is 41.0 Å². The molecule has 1 heterocycles. The summed E-state index contributed by atoms with van der Waals surface area (Å²) in [5.74, 6) is 0.557. The standard InChI is InChI=1S/C15H15Cl2NO3/c1-20-8-6-18(10-12-3-2-7-21-12)15(19)11-4-5-13(16)14(17)9-11/h2-5,7,9H,6,8,10H2,1H3. The first kappa shape index (κ1) is 15.9. The van der Waals surface area contributed by atoms with Crippen LogP contribution in [0.2, 0.25) is 10.0 Å². The van der Waals surface area contributed by atoms with Gasteiger partial charge >= 0.3 is 0 Å². The quantitative estimate of drug-likeness (QED) is 0.808. The van der Waals surface area contributed by atoms with Crippen LogP contribution in [0, 0.1) is 0 Å². The molecule has 0 N–H and O–H groups in total. The number of nitrogens with zero attached hydrogens (tertiary/aromatic N) is 1. The van der Waals surface area contributed by atoms with Crippen molar-refractivity contribution in [1.29, 1.82) is 0 Å². The molecule has 1 aromatic heterocycles. The van der Waals surface area contributed by atoms with E-state index in [1.807, 2.05) is 6.07 Å². The molecule has 0 saturated carbocycles. The van der Waals surface area contributed by atoms with Crippen LogP contribution in [-0.4, -0.2) is 31.1 Å². The summed E-state index contributed by atoms with van der Waals surface area (Å²) in [5.41, 5.74) is 0.479. The third-order valence-electron chi connectivity index (χ3n) is 2.95. The van der Waals surface area contributed by atoms with Crippen LogP contribution < -0.4 is 0 Å². The number of carbonyl (C=O) groups is 1. The third kappa shape index (κ3) is 4.24. The molecule has 0 unspecified atom stereocenters. The average Bonchev–Trinajstić information content (AvgIpc) is 2.98. The summed E-state index contributed by atoms with van der Waals surface area (Å²) >= 11 is 11.8. The molecule has 0 aliphatic rings. The highest BCUT2D eigenvalue weighted by Gasteiger charge is 2.18. The lowest BCUT2D eigenvalue weighted by molar-refractivity contribution is 0.0666. The van der Waals surface area contributed by atoms with E-state index in [-0.39, 0.29) is 5.91 Å². The first-order valence-electron chi connectivity index (χ1n) is 6.37. The van der Waals surface area contributed by atoms with E-state index in [0.717, 1.165) is 0 Å². The summed E-state index contributed by atoms with van der Waals surface area (Å²) in [6.45, 7) is 1.26. The van der Waals surface area contributed by atoms with Crippen LogP contribution in [0.5, 0.6) is 0 Å². The van der Waals surface area contributed by atoms with Crippen molar-refractivity contribution in [2.45, 2.75) is 6.54 Å². The number of ether oxygens (including phenoxy) is 1. The van der Waals surface area contributed by atoms with E-state index in [4.69, 9.17) is 32.4 Å². The monoisotopic (exact) mass is 327 g/mol. The second-order valence-electron chi connectivity index (χ2n) is 4.43. The Bertz CT molecular complexity index is 599. The van der Waals surface area contributed by atoms with Crippen LogP contribution in [0.3, 0.4) is 0 Å². The van der Waals surface area contributed by atoms with Gasteiger partial charge in [-0.2, -0.15) is 0 Å². The van der Waals surface area contributed by atoms with Gasteiger partial charge in [0.05, 0.1) is 29.5 Å². The highest BCUT2D eigenvalue weighted by Crippen LogP contribution is 2.23. The SMILES string of the molecule is COCCN(Cc1ccco1)C(=O)c1ccc(Cl)c(Cl)c1. The number of hydrogen-bond acceptors (Lipinski definition) is 3. The Morgan fingerprint density at radius 1 is 1.29 bits per heavy atom. The van der Waals surface area contributed by atoms with Crippen LogP contribution in [0.1, 0.15) is 16.1 Å². The van der Waals surface area contributed by atoms with E-state index >= 15 is 0 Å². The molecule has 112 valence electrons. The maximum atomic E-state index is 12.6. The van der Waals surface area contributed by atoms with Crippen molar-refractivity contribution in [3.8, 4) is 0 Å². The van der Waals surface area contributed by atoms with Crippen molar-refractivity contribution < 1.29 is 13.9 Å². The van der Waals surface area contributed by atoms with E-state index < -0.39 is 0 Å². The van der Waals surface area contributed by atoms with Crippen molar-refractivity contribution in [2.24, 2.45) is 0 Å². The van der Waals surface area contributed by atoms with Gasteiger partial charge in [0.25, 0.3) is 5.91 Å². The van der Waals surface area contributed by atoms with Gasteiger partial charge in [0.1, 0.15) is 5.76 Å². The Hall–Kier alpha value is -1.49. The second kappa shape index (κ2) is 7.50. The molecule has 2 aromatic rings. The van der Waals surface area contributed by atoms with Gasteiger partial charge in [0.15, 0.2) is 0 Å². The van der Waals surface area contributed by atoms with E-state index in [1.165, 1.54) is 0 Å². The highest BCUT2D eigenvalue weighted by atomic mass is 35.5. The molecule has 0 saturated heterocycles. The van der Waals surface area contributed by atoms with E-state index in [1.54, 1.807) is 42.5 Å². The predicted octanol–water partition coefficient (Wildman–Crippen LogP) is 3.88. The first-order chi connectivity index (χ1) is 10.1. The molecule has 1 aromatic carbocycles. The zero-order chi connectivity index (χ0) is 15.2. The van der Waals surface area contributed by atoms with E-state index in [2.05, 4.69) is 0 Å². The van der Waals surface area contributed by atoms with Crippen LogP contribution in [-0.2, 0) is 11.3 Å². The summed E-state index contributed by atoms with van der Waals surface area (Å²) in [7, 11) is 1.59. The van der Waals surface area contributed by atoms with E-state index in [9.17, 15) is 4.79 Å². The molecule has 0 bridgehead atoms. The maximum Gasteiger partial charge on any atom is 0.254 e. The van der Waals surface area contributed by atoms with Gasteiger partial charge in [-0.05, 0) is 30.3 Å². The van der Waals surface area contributed by atoms with Crippen LogP contribution in [0.4, 0.5) is 0 Å². The molecule has 21 heavy (non-hydrogen) atoms. The van der Waals surface area contributed by atoms with Crippen molar-refractivity contribution >= 4 is 29.1 Å². The molecular weight excluding hydrogens is 313 g/mol. The van der Waals surface area contributed by atoms with Crippen LogP contribution in [0.25, 0.3) is 0 Å². The normalized spacial score (nSPS) is 10.6. The lowest BCUT2D eigenvalue weighted by atomic mass is 10.2. The number of halogens is 2. The zero-order valence-corrected chi connectivity index (χ0v) is 13.0. The number of benzene rings is 1. The summed E-state index contributed by atoms with van der Waals surface area (Å²) in [5, 5.41) is 0.773. The summed E-state index contributed by atoms with van der Waals surface area (Å²) in [6, 6.07) is 8.43. The molecule has 0 atom stereocenters. The van der Waals surface area contributed by atoms with Crippen molar-refractivity contribution in [3.05, 3.63) is 58.0 Å². The van der Waals surface area contributed by atoms with Gasteiger partial charge in [-0.15, -0.1) is 0 Å². The fourth-order valence-corrected chi connectivity index (χ4v) is 2.15. The molecule has 0 radical (unpaired) electrons. The summed E-state index contributed by atoms with van der Waals surface area (Å²) < 4.78 is 10.3. The number of carbonyl (C=O) groups excluding carboxylic acids is 1. The molecule has 0 spiro atoms. The Morgan fingerprint density at radius 3 is 2.71 bits per heavy atom. The van der Waals surface area contributed by atoms with Gasteiger partial charge in [-0.25, -0.2) is 0 Å². The number of rotatable bonds is 6. The van der Waals surface area contributed by atoms with Crippen molar-refractivity contribution in [1.82, 2.24) is 4.90 Å². The summed E-state index contributed by atoms with van der Waals surface area (Å²) in [4.78, 5) is 14.2. The molecule has 2 rings (SSSR count). The van der Waals surface area contributed by atoms with Gasteiger partial charge in [-0.3, -0.25) is 4.79 Å². The van der Waals surface area contributed by atoms with Gasteiger partial charge in [0.2, 0.25) is 0 Å². The molecule has 0 fully saturated rings. The van der Waals surface area contributed by atoms with Crippen molar-refractivity contribution in [3.63, 3.8) is 0 Å². The maximum absolute atomic E-state index is 12.6. The molecule has 0 aliphatic carbocycles. The first-order valence-corrected chi connectivity index (χ1v) is 7.13.